The van der Waals surface area contributed by atoms with Crippen molar-refractivity contribution < 1.29 is 4.79 Å². The Morgan fingerprint density at radius 1 is 1.23 bits per heavy atom. The van der Waals surface area contributed by atoms with Gasteiger partial charge in [0.2, 0.25) is 0 Å². The summed E-state index contributed by atoms with van der Waals surface area (Å²) in [6.07, 6.45) is 1.70. The predicted octanol–water partition coefficient (Wildman–Crippen LogP) is 0.320. The molecule has 7 heteroatoms. The number of piperazine rings is 1. The van der Waals surface area contributed by atoms with Gasteiger partial charge >= 0.3 is 0 Å². The molecule has 0 saturated carbocycles. The van der Waals surface area contributed by atoms with Crippen LogP contribution in [0.4, 0.5) is 5.82 Å². The fourth-order valence-electron chi connectivity index (χ4n) is 2.50. The summed E-state index contributed by atoms with van der Waals surface area (Å²) in [5, 5.41) is 9.88. The Labute approximate surface area is 129 Å². The molecule has 22 heavy (non-hydrogen) atoms. The van der Waals surface area contributed by atoms with Crippen molar-refractivity contribution in [1.82, 2.24) is 25.4 Å². The van der Waals surface area contributed by atoms with Crippen molar-refractivity contribution in [2.24, 2.45) is 0 Å². The number of benzene rings is 1. The number of hydrogen-bond donors (Lipinski definition) is 2. The summed E-state index contributed by atoms with van der Waals surface area (Å²) < 4.78 is 0. The van der Waals surface area contributed by atoms with E-state index in [4.69, 9.17) is 0 Å². The average molecular weight is 300 g/mol. The molecule has 2 heterocycles. The second kappa shape index (κ2) is 6.67. The van der Waals surface area contributed by atoms with Gasteiger partial charge in [0.15, 0.2) is 5.82 Å². The molecule has 1 aromatic heterocycles. The van der Waals surface area contributed by atoms with Gasteiger partial charge in [-0.25, -0.2) is 0 Å². The van der Waals surface area contributed by atoms with Gasteiger partial charge in [-0.15, -0.1) is 5.10 Å². The molecule has 2 aromatic rings. The number of fused-ring (bicyclic) bond motifs is 1. The Kier molecular flexibility index (Phi) is 4.45. The molecule has 0 radical (unpaired) electrons. The third-order valence-electron chi connectivity index (χ3n) is 3.85. The summed E-state index contributed by atoms with van der Waals surface area (Å²) in [5.41, 5.74) is 5.58. The first-order valence-corrected chi connectivity index (χ1v) is 7.38. The number of rotatable bonds is 4. The molecule has 1 aliphatic heterocycles. The molecule has 116 valence electrons. The monoisotopic (exact) mass is 300 g/mol. The summed E-state index contributed by atoms with van der Waals surface area (Å²) in [7, 11) is 2.10. The molecule has 0 unspecified atom stereocenters. The normalized spacial score (nSPS) is 16.6. The number of nitrogens with one attached hydrogen (secondary N) is 2. The van der Waals surface area contributed by atoms with Crippen LogP contribution in [0.5, 0.6) is 0 Å². The van der Waals surface area contributed by atoms with Crippen molar-refractivity contribution in [3.05, 3.63) is 30.5 Å². The van der Waals surface area contributed by atoms with Crippen LogP contribution in [0.2, 0.25) is 0 Å². The van der Waals surface area contributed by atoms with Gasteiger partial charge in [-0.1, -0.05) is 24.3 Å². The molecule has 0 atom stereocenters. The second-order valence-electron chi connectivity index (χ2n) is 5.53. The third-order valence-corrected chi connectivity index (χ3v) is 3.85. The molecule has 3 rings (SSSR count). The van der Waals surface area contributed by atoms with Gasteiger partial charge in [0.25, 0.3) is 5.91 Å². The zero-order valence-electron chi connectivity index (χ0n) is 12.6. The SMILES string of the molecule is CN1CCN(CC(=O)NNc2nncc3ccccc23)CC1. The first-order valence-electron chi connectivity index (χ1n) is 7.38. The van der Waals surface area contributed by atoms with Crippen LogP contribution in [0.15, 0.2) is 30.5 Å². The fourth-order valence-corrected chi connectivity index (χ4v) is 2.50. The summed E-state index contributed by atoms with van der Waals surface area (Å²) in [4.78, 5) is 16.4. The topological polar surface area (TPSA) is 73.4 Å². The number of likely N-dealkylation sites (N-methyl/N-ethyl adjacent to an activating group) is 1. The smallest absolute Gasteiger partial charge is 0.252 e. The summed E-state index contributed by atoms with van der Waals surface area (Å²) >= 11 is 0. The first-order chi connectivity index (χ1) is 10.7. The maximum absolute atomic E-state index is 12.0. The number of hydrogen-bond acceptors (Lipinski definition) is 6. The van der Waals surface area contributed by atoms with E-state index in [2.05, 4.69) is 37.9 Å². The number of nitrogens with zero attached hydrogens (tertiary/aromatic N) is 4. The average Bonchev–Trinajstić information content (AvgIpc) is 2.55. The summed E-state index contributed by atoms with van der Waals surface area (Å²) in [6.45, 7) is 4.21. The lowest BCUT2D eigenvalue weighted by Crippen LogP contribution is -2.48. The van der Waals surface area contributed by atoms with Gasteiger partial charge in [0.1, 0.15) is 0 Å². The van der Waals surface area contributed by atoms with Gasteiger partial charge < -0.3 is 4.90 Å². The molecule has 1 saturated heterocycles. The van der Waals surface area contributed by atoms with E-state index in [1.807, 2.05) is 24.3 Å². The Bertz CT molecular complexity index is 648. The fraction of sp³-hybridized carbons (Fsp3) is 0.400. The number of anilines is 1. The van der Waals surface area contributed by atoms with Gasteiger partial charge in [-0.05, 0) is 7.05 Å². The lowest BCUT2D eigenvalue weighted by molar-refractivity contribution is -0.122. The zero-order valence-corrected chi connectivity index (χ0v) is 12.6. The van der Waals surface area contributed by atoms with Crippen LogP contribution in [0.3, 0.4) is 0 Å². The van der Waals surface area contributed by atoms with Gasteiger partial charge in [-0.3, -0.25) is 20.5 Å². The van der Waals surface area contributed by atoms with Crippen LogP contribution in [-0.2, 0) is 4.79 Å². The van der Waals surface area contributed by atoms with E-state index < -0.39 is 0 Å². The summed E-state index contributed by atoms with van der Waals surface area (Å²) in [6, 6.07) is 7.78. The highest BCUT2D eigenvalue weighted by molar-refractivity contribution is 5.91. The van der Waals surface area contributed by atoms with Crippen molar-refractivity contribution in [2.75, 3.05) is 45.2 Å². The van der Waals surface area contributed by atoms with E-state index in [9.17, 15) is 4.79 Å². The largest absolute Gasteiger partial charge is 0.304 e. The molecular weight excluding hydrogens is 280 g/mol. The van der Waals surface area contributed by atoms with Crippen LogP contribution >= 0.6 is 0 Å². The van der Waals surface area contributed by atoms with Crippen molar-refractivity contribution >= 4 is 22.5 Å². The van der Waals surface area contributed by atoms with Crippen LogP contribution in [0, 0.1) is 0 Å². The standard InChI is InChI=1S/C15H20N6O/c1-20-6-8-21(9-7-20)11-14(22)17-19-15-13-5-3-2-4-12(13)10-16-18-15/h2-5,10H,6-9,11H2,1H3,(H,17,22)(H,18,19). The van der Waals surface area contributed by atoms with E-state index in [0.717, 1.165) is 37.0 Å². The molecule has 1 fully saturated rings. The first kappa shape index (κ1) is 14.7. The molecule has 2 N–H and O–H groups in total. The molecule has 7 nitrogen and oxygen atoms in total. The number of hydrazine groups is 1. The van der Waals surface area contributed by atoms with Gasteiger partial charge in [0, 0.05) is 37.0 Å². The maximum atomic E-state index is 12.0. The van der Waals surface area contributed by atoms with Crippen molar-refractivity contribution in [2.45, 2.75) is 0 Å². The molecule has 1 aromatic carbocycles. The number of amides is 1. The second-order valence-corrected chi connectivity index (χ2v) is 5.53. The number of aromatic nitrogens is 2. The number of carbonyl (C=O) groups is 1. The molecule has 0 spiro atoms. The quantitative estimate of drug-likeness (QED) is 0.792. The van der Waals surface area contributed by atoms with Crippen LogP contribution in [0.1, 0.15) is 0 Å². The van der Waals surface area contributed by atoms with E-state index in [0.29, 0.717) is 12.4 Å². The molecule has 0 aliphatic carbocycles. The Morgan fingerprint density at radius 3 is 2.82 bits per heavy atom. The highest BCUT2D eigenvalue weighted by Crippen LogP contribution is 2.18. The Hall–Kier alpha value is -2.25. The molecule has 1 amide bonds. The third kappa shape index (κ3) is 3.49. The van der Waals surface area contributed by atoms with E-state index in [1.54, 1.807) is 6.20 Å². The Morgan fingerprint density at radius 2 is 2.00 bits per heavy atom. The molecular formula is C15H20N6O. The van der Waals surface area contributed by atoms with Gasteiger partial charge in [0.05, 0.1) is 12.7 Å². The summed E-state index contributed by atoms with van der Waals surface area (Å²) in [5.74, 6) is 0.490. The van der Waals surface area contributed by atoms with Crippen LogP contribution in [-0.4, -0.2) is 65.7 Å². The van der Waals surface area contributed by atoms with Crippen molar-refractivity contribution in [3.8, 4) is 0 Å². The van der Waals surface area contributed by atoms with E-state index >= 15 is 0 Å². The lowest BCUT2D eigenvalue weighted by atomic mass is 10.2. The maximum Gasteiger partial charge on any atom is 0.252 e. The molecule has 0 bridgehead atoms. The Balaban J connectivity index is 1.56. The predicted molar refractivity (Wildman–Crippen MR) is 85.2 cm³/mol. The van der Waals surface area contributed by atoms with Gasteiger partial charge in [-0.2, -0.15) is 5.10 Å². The van der Waals surface area contributed by atoms with Crippen molar-refractivity contribution in [1.29, 1.82) is 0 Å². The minimum Gasteiger partial charge on any atom is -0.304 e. The minimum absolute atomic E-state index is 0.0701. The lowest BCUT2D eigenvalue weighted by Gasteiger charge is -2.31. The van der Waals surface area contributed by atoms with Crippen LogP contribution < -0.4 is 10.9 Å². The highest BCUT2D eigenvalue weighted by Gasteiger charge is 2.16. The highest BCUT2D eigenvalue weighted by atomic mass is 16.2. The number of carbonyl (C=O) groups excluding carboxylic acids is 1. The van der Waals surface area contributed by atoms with E-state index in [1.165, 1.54) is 0 Å². The molecule has 1 aliphatic rings. The van der Waals surface area contributed by atoms with Crippen LogP contribution in [0.25, 0.3) is 10.8 Å². The minimum atomic E-state index is -0.0701. The van der Waals surface area contributed by atoms with Crippen molar-refractivity contribution in [3.63, 3.8) is 0 Å². The van der Waals surface area contributed by atoms with E-state index in [-0.39, 0.29) is 5.91 Å². The zero-order chi connectivity index (χ0) is 15.4.